The number of para-hydroxylation sites is 1. The summed E-state index contributed by atoms with van der Waals surface area (Å²) in [7, 11) is 1.72. The third kappa shape index (κ3) is 4.57. The largest absolute Gasteiger partial charge is 0.496 e. The lowest BCUT2D eigenvalue weighted by Gasteiger charge is -2.36. The molecule has 6 heteroatoms. The number of benzene rings is 3. The average molecular weight is 614 g/mol. The topological polar surface area (TPSA) is 55.7 Å². The fraction of sp³-hybridized carbons (Fsp3) is 0.325. The van der Waals surface area contributed by atoms with E-state index in [9.17, 15) is 4.79 Å². The van der Waals surface area contributed by atoms with Crippen LogP contribution in [0.15, 0.2) is 91.2 Å². The summed E-state index contributed by atoms with van der Waals surface area (Å²) in [6, 6.07) is 21.3. The van der Waals surface area contributed by atoms with E-state index >= 15 is 0 Å². The molecule has 3 heterocycles. The number of nitrogens with one attached hydrogen (secondary N) is 1. The summed E-state index contributed by atoms with van der Waals surface area (Å²) in [5.74, 6) is 0.934. The maximum Gasteiger partial charge on any atom is 0.331 e. The Balaban J connectivity index is 1.56. The number of anilines is 1. The van der Waals surface area contributed by atoms with Crippen molar-refractivity contribution in [2.24, 2.45) is 0 Å². The van der Waals surface area contributed by atoms with E-state index in [0.29, 0.717) is 17.5 Å². The number of esters is 1. The Hall–Kier alpha value is -4.71. The summed E-state index contributed by atoms with van der Waals surface area (Å²) in [4.78, 5) is 17.5. The molecule has 0 bridgehead atoms. The second kappa shape index (κ2) is 12.2. The Morgan fingerprint density at radius 3 is 2.59 bits per heavy atom. The van der Waals surface area contributed by atoms with Gasteiger partial charge in [-0.3, -0.25) is 0 Å². The molecule has 236 valence electrons. The van der Waals surface area contributed by atoms with Crippen molar-refractivity contribution in [3.8, 4) is 11.5 Å². The Bertz CT molecular complexity index is 1890. The van der Waals surface area contributed by atoms with Gasteiger partial charge in [0.25, 0.3) is 0 Å². The number of ether oxygens (including phenoxy) is 2. The lowest BCUT2D eigenvalue weighted by atomic mass is 9.67. The zero-order valence-electron chi connectivity index (χ0n) is 27.3. The van der Waals surface area contributed by atoms with Crippen molar-refractivity contribution in [1.29, 1.82) is 0 Å². The summed E-state index contributed by atoms with van der Waals surface area (Å²) in [6.07, 6.45) is 16.2. The van der Waals surface area contributed by atoms with Crippen LogP contribution in [0.5, 0.6) is 11.5 Å². The summed E-state index contributed by atoms with van der Waals surface area (Å²) >= 11 is 0. The molecule has 1 saturated carbocycles. The Kier molecular flexibility index (Phi) is 7.97. The lowest BCUT2D eigenvalue weighted by molar-refractivity contribution is -0.135. The van der Waals surface area contributed by atoms with Crippen LogP contribution in [0.2, 0.25) is 0 Å². The van der Waals surface area contributed by atoms with E-state index in [1.807, 2.05) is 36.6 Å². The van der Waals surface area contributed by atoms with Crippen molar-refractivity contribution in [2.75, 3.05) is 18.6 Å². The number of fused-ring (bicyclic) bond motifs is 2. The van der Waals surface area contributed by atoms with Gasteiger partial charge in [0.15, 0.2) is 5.41 Å². The molecule has 0 spiro atoms. The van der Waals surface area contributed by atoms with Crippen molar-refractivity contribution in [1.82, 2.24) is 9.88 Å². The number of carbonyl (C=O) groups is 1. The molecular formula is C40H43N3O3. The van der Waals surface area contributed by atoms with E-state index in [4.69, 9.17) is 9.47 Å². The van der Waals surface area contributed by atoms with Gasteiger partial charge in [-0.15, -0.1) is 0 Å². The second-order valence-corrected chi connectivity index (χ2v) is 12.5. The van der Waals surface area contributed by atoms with E-state index in [0.717, 1.165) is 63.3 Å². The monoisotopic (exact) mass is 613 g/mol. The van der Waals surface area contributed by atoms with Crippen LogP contribution >= 0.6 is 0 Å². The number of rotatable bonds is 8. The van der Waals surface area contributed by atoms with Gasteiger partial charge in [0.1, 0.15) is 11.5 Å². The highest BCUT2D eigenvalue weighted by atomic mass is 16.5. The predicted octanol–water partition coefficient (Wildman–Crippen LogP) is 8.40. The first-order valence-electron chi connectivity index (χ1n) is 16.7. The molecule has 6 nitrogen and oxygen atoms in total. The standard InChI is InChI=1S/C40H43N3O3/c1-5-42-27(3)37(31-18-12-13-21-34(31)42)40(32-24-23-29(26-36(32)45-4)43(6-2)28-16-9-7-10-17-28)38-30(33-20-11-8-14-25-41-33)19-15-22-35(38)46-39(40)44/h8,11-15,18-26,28,41H,5-7,9-10,16-17H2,1-4H3. The number of hydrogen-bond donors (Lipinski definition) is 1. The number of carbonyl (C=O) groups excluding carboxylic acids is 1. The van der Waals surface area contributed by atoms with Gasteiger partial charge in [-0.2, -0.15) is 0 Å². The quantitative estimate of drug-likeness (QED) is 0.160. The summed E-state index contributed by atoms with van der Waals surface area (Å²) in [5.41, 5.74) is 6.33. The van der Waals surface area contributed by atoms with Crippen molar-refractivity contribution < 1.29 is 14.3 Å². The van der Waals surface area contributed by atoms with Crippen LogP contribution in [-0.2, 0) is 16.8 Å². The molecule has 2 aliphatic heterocycles. The first kappa shape index (κ1) is 30.0. The van der Waals surface area contributed by atoms with Crippen molar-refractivity contribution in [3.05, 3.63) is 119 Å². The smallest absolute Gasteiger partial charge is 0.331 e. The molecule has 4 aromatic rings. The van der Waals surface area contributed by atoms with Gasteiger partial charge in [0, 0.05) is 81.6 Å². The van der Waals surface area contributed by atoms with Gasteiger partial charge in [0.05, 0.1) is 7.11 Å². The predicted molar refractivity (Wildman–Crippen MR) is 187 cm³/mol. The molecule has 0 saturated heterocycles. The van der Waals surface area contributed by atoms with E-state index < -0.39 is 5.41 Å². The fourth-order valence-electron chi connectivity index (χ4n) is 8.26. The minimum atomic E-state index is -1.29. The van der Waals surface area contributed by atoms with Crippen molar-refractivity contribution in [3.63, 3.8) is 0 Å². The number of methoxy groups -OCH3 is 1. The molecule has 46 heavy (non-hydrogen) atoms. The van der Waals surface area contributed by atoms with Gasteiger partial charge in [-0.1, -0.05) is 67.8 Å². The average Bonchev–Trinajstić information content (AvgIpc) is 3.37. The minimum Gasteiger partial charge on any atom is -0.496 e. The highest BCUT2D eigenvalue weighted by molar-refractivity contribution is 6.06. The van der Waals surface area contributed by atoms with Crippen LogP contribution in [-0.4, -0.2) is 30.2 Å². The van der Waals surface area contributed by atoms with Crippen LogP contribution in [0.3, 0.4) is 0 Å². The Morgan fingerprint density at radius 1 is 0.978 bits per heavy atom. The maximum absolute atomic E-state index is 15.0. The normalized spacial score (nSPS) is 19.4. The number of allylic oxidation sites excluding steroid dienone is 4. The zero-order chi connectivity index (χ0) is 31.8. The fourth-order valence-corrected chi connectivity index (χ4v) is 8.26. The molecular weight excluding hydrogens is 570 g/mol. The van der Waals surface area contributed by atoms with Crippen molar-refractivity contribution in [2.45, 2.75) is 70.9 Å². The second-order valence-electron chi connectivity index (χ2n) is 12.5. The molecule has 3 aromatic carbocycles. The molecule has 1 unspecified atom stereocenters. The first-order chi connectivity index (χ1) is 22.5. The van der Waals surface area contributed by atoms with Crippen LogP contribution in [0.4, 0.5) is 5.69 Å². The van der Waals surface area contributed by atoms with Gasteiger partial charge in [0.2, 0.25) is 0 Å². The van der Waals surface area contributed by atoms with Gasteiger partial charge in [-0.25, -0.2) is 4.79 Å². The van der Waals surface area contributed by atoms with Gasteiger partial charge in [-0.05, 0) is 64.0 Å². The first-order valence-corrected chi connectivity index (χ1v) is 16.7. The minimum absolute atomic E-state index is 0.317. The number of aromatic nitrogens is 1. The van der Waals surface area contributed by atoms with Gasteiger partial charge < -0.3 is 24.3 Å². The summed E-state index contributed by atoms with van der Waals surface area (Å²) in [5, 5.41) is 4.49. The van der Waals surface area contributed by atoms with Crippen LogP contribution in [0.1, 0.15) is 73.9 Å². The van der Waals surface area contributed by atoms with E-state index in [1.54, 1.807) is 7.11 Å². The molecule has 0 amide bonds. The van der Waals surface area contributed by atoms with Crippen LogP contribution in [0, 0.1) is 6.92 Å². The molecule has 1 N–H and O–H groups in total. The van der Waals surface area contributed by atoms with Gasteiger partial charge >= 0.3 is 5.97 Å². The SMILES string of the molecule is CCN(c1ccc(C2(c3c(C)n(CC)c4ccccc34)C(=O)Oc3cccc(C4=CC=CC=CN4)c32)c(OC)c1)C1CCCCC1. The summed E-state index contributed by atoms with van der Waals surface area (Å²) < 4.78 is 14.9. The highest BCUT2D eigenvalue weighted by Gasteiger charge is 2.57. The van der Waals surface area contributed by atoms with Crippen molar-refractivity contribution >= 4 is 28.3 Å². The molecule has 7 rings (SSSR count). The molecule has 0 radical (unpaired) electrons. The molecule has 1 aromatic heterocycles. The number of nitrogens with zero attached hydrogens (tertiary/aromatic N) is 2. The van der Waals surface area contributed by atoms with Crippen LogP contribution < -0.4 is 19.7 Å². The van der Waals surface area contributed by atoms with E-state index in [2.05, 4.69) is 90.2 Å². The zero-order valence-corrected chi connectivity index (χ0v) is 27.3. The number of hydrogen-bond acceptors (Lipinski definition) is 5. The molecule has 3 aliphatic rings. The Labute approximate surface area is 272 Å². The number of aryl methyl sites for hydroxylation is 1. The van der Waals surface area contributed by atoms with Crippen LogP contribution in [0.25, 0.3) is 16.6 Å². The third-order valence-corrected chi connectivity index (χ3v) is 10.2. The Morgan fingerprint density at radius 2 is 1.80 bits per heavy atom. The van der Waals surface area contributed by atoms with E-state index in [1.165, 1.54) is 32.1 Å². The van der Waals surface area contributed by atoms with E-state index in [-0.39, 0.29) is 5.97 Å². The summed E-state index contributed by atoms with van der Waals surface area (Å²) in [6.45, 7) is 8.20. The lowest BCUT2D eigenvalue weighted by Crippen LogP contribution is -2.39. The highest BCUT2D eigenvalue weighted by Crippen LogP contribution is 2.56. The molecule has 1 aliphatic carbocycles. The third-order valence-electron chi connectivity index (χ3n) is 10.2. The molecule has 1 atom stereocenters. The molecule has 1 fully saturated rings. The maximum atomic E-state index is 15.0.